The zero-order valence-corrected chi connectivity index (χ0v) is 18.2. The van der Waals surface area contributed by atoms with E-state index in [0.29, 0.717) is 17.1 Å². The third-order valence-corrected chi connectivity index (χ3v) is 8.50. The summed E-state index contributed by atoms with van der Waals surface area (Å²) in [5.41, 5.74) is 1.93. The van der Waals surface area contributed by atoms with Gasteiger partial charge in [0.25, 0.3) is 0 Å². The normalized spacial score (nSPS) is 29.2. The quantitative estimate of drug-likeness (QED) is 0.621. The van der Waals surface area contributed by atoms with Gasteiger partial charge in [0.2, 0.25) is 18.6 Å². The van der Waals surface area contributed by atoms with E-state index in [1.54, 1.807) is 47.4 Å². The van der Waals surface area contributed by atoms with Gasteiger partial charge in [0, 0.05) is 12.1 Å². The topological polar surface area (TPSA) is 117 Å². The third kappa shape index (κ3) is 3.03. The molecule has 4 unspecified atom stereocenters. The smallest absolute Gasteiger partial charge is 0.235 e. The van der Waals surface area contributed by atoms with Crippen molar-refractivity contribution in [3.05, 3.63) is 59.2 Å². The number of rotatable bonds is 3. The Bertz CT molecular complexity index is 1330. The monoisotopic (exact) mass is 465 g/mol. The first-order valence-electron chi connectivity index (χ1n) is 10.6. The fourth-order valence-corrected chi connectivity index (χ4v) is 7.41. The summed E-state index contributed by atoms with van der Waals surface area (Å²) in [5, 5.41) is 9.11. The number of amides is 2. The molecule has 4 heterocycles. The Balaban J connectivity index is 1.36. The summed E-state index contributed by atoms with van der Waals surface area (Å²) >= 11 is 0. The summed E-state index contributed by atoms with van der Waals surface area (Å²) in [6, 6.07) is 13.0. The maximum absolute atomic E-state index is 13.6. The Morgan fingerprint density at radius 3 is 2.48 bits per heavy atom. The summed E-state index contributed by atoms with van der Waals surface area (Å²) < 4.78 is 35.6. The van der Waals surface area contributed by atoms with Gasteiger partial charge in [0.05, 0.1) is 35.8 Å². The summed E-state index contributed by atoms with van der Waals surface area (Å²) in [4.78, 5) is 30.0. The van der Waals surface area contributed by atoms with Crippen LogP contribution in [0.15, 0.2) is 42.5 Å². The lowest BCUT2D eigenvalue weighted by molar-refractivity contribution is -0.142. The van der Waals surface area contributed by atoms with Crippen LogP contribution in [-0.2, 0) is 26.0 Å². The number of nitrogens with zero attached hydrogens (tertiary/aromatic N) is 3. The van der Waals surface area contributed by atoms with Crippen molar-refractivity contribution in [2.24, 2.45) is 11.8 Å². The standard InChI is InChI=1S/C23H19N3O6S/c24-8-13-1-4-15(5-2-13)21-20-19(16-10-33(29,30)11-26(16)21)22(27)25(23(20)28)9-14-3-6-17-18(7-14)32-12-31-17/h1-7,16,19-21H,9-12H2. The van der Waals surface area contributed by atoms with Gasteiger partial charge in [-0.15, -0.1) is 0 Å². The first kappa shape index (κ1) is 20.2. The van der Waals surface area contributed by atoms with Crippen LogP contribution in [0.25, 0.3) is 0 Å². The molecule has 0 saturated carbocycles. The van der Waals surface area contributed by atoms with Crippen molar-refractivity contribution < 1.29 is 27.5 Å². The molecule has 2 aromatic carbocycles. The number of carbonyl (C=O) groups is 2. The molecule has 33 heavy (non-hydrogen) atoms. The number of carbonyl (C=O) groups excluding carboxylic acids is 2. The van der Waals surface area contributed by atoms with Gasteiger partial charge < -0.3 is 9.47 Å². The van der Waals surface area contributed by atoms with Gasteiger partial charge in [-0.3, -0.25) is 19.4 Å². The van der Waals surface area contributed by atoms with Crippen molar-refractivity contribution >= 4 is 21.7 Å². The highest BCUT2D eigenvalue weighted by Gasteiger charge is 2.65. The van der Waals surface area contributed by atoms with E-state index in [2.05, 4.69) is 6.07 Å². The molecule has 4 aliphatic rings. The zero-order chi connectivity index (χ0) is 22.9. The molecule has 0 N–H and O–H groups in total. The van der Waals surface area contributed by atoms with E-state index >= 15 is 0 Å². The molecule has 3 saturated heterocycles. The van der Waals surface area contributed by atoms with E-state index in [1.165, 1.54) is 4.90 Å². The second kappa shape index (κ2) is 7.04. The molecular weight excluding hydrogens is 446 g/mol. The van der Waals surface area contributed by atoms with Gasteiger partial charge in [-0.2, -0.15) is 5.26 Å². The largest absolute Gasteiger partial charge is 0.454 e. The highest BCUT2D eigenvalue weighted by atomic mass is 32.2. The number of imide groups is 1. The maximum atomic E-state index is 13.6. The Hall–Kier alpha value is -3.42. The molecule has 0 aromatic heterocycles. The fraction of sp³-hybridized carbons (Fsp3) is 0.348. The van der Waals surface area contributed by atoms with E-state index < -0.39 is 33.8 Å². The molecule has 4 atom stereocenters. The minimum absolute atomic E-state index is 0.0842. The van der Waals surface area contributed by atoms with Crippen molar-refractivity contribution in [1.29, 1.82) is 5.26 Å². The molecule has 168 valence electrons. The average molecular weight is 465 g/mol. The molecule has 3 fully saturated rings. The number of benzene rings is 2. The van der Waals surface area contributed by atoms with Crippen LogP contribution in [0, 0.1) is 23.2 Å². The predicted octanol–water partition coefficient (Wildman–Crippen LogP) is 1.20. The van der Waals surface area contributed by atoms with Crippen molar-refractivity contribution in [1.82, 2.24) is 9.80 Å². The van der Waals surface area contributed by atoms with Gasteiger partial charge >= 0.3 is 0 Å². The van der Waals surface area contributed by atoms with Gasteiger partial charge in [0.15, 0.2) is 21.3 Å². The average Bonchev–Trinajstić information content (AvgIpc) is 3.51. The molecule has 2 aromatic rings. The number of nitriles is 1. The minimum Gasteiger partial charge on any atom is -0.454 e. The molecule has 0 radical (unpaired) electrons. The molecule has 2 amide bonds. The van der Waals surface area contributed by atoms with Crippen LogP contribution in [0.5, 0.6) is 11.5 Å². The van der Waals surface area contributed by atoms with Gasteiger partial charge in [-0.25, -0.2) is 8.42 Å². The predicted molar refractivity (Wildman–Crippen MR) is 113 cm³/mol. The van der Waals surface area contributed by atoms with Gasteiger partial charge in [0.1, 0.15) is 5.88 Å². The summed E-state index contributed by atoms with van der Waals surface area (Å²) in [6.45, 7) is 0.212. The molecule has 0 spiro atoms. The molecular formula is C23H19N3O6S. The fourth-order valence-electron chi connectivity index (χ4n) is 5.58. The first-order chi connectivity index (χ1) is 15.9. The SMILES string of the molecule is N#Cc1ccc(C2C3C(=O)N(Cc4ccc5c(c4)OCO5)C(=O)C3C3CS(=O)(=O)CN32)cc1. The Labute approximate surface area is 190 Å². The second-order valence-corrected chi connectivity index (χ2v) is 10.9. The van der Waals surface area contributed by atoms with Crippen LogP contribution >= 0.6 is 0 Å². The Kier molecular flexibility index (Phi) is 4.31. The molecule has 6 rings (SSSR count). The summed E-state index contributed by atoms with van der Waals surface area (Å²) in [6.07, 6.45) is 0. The Morgan fingerprint density at radius 1 is 1.00 bits per heavy atom. The van der Waals surface area contributed by atoms with Crippen LogP contribution in [0.3, 0.4) is 0 Å². The number of hydrogen-bond donors (Lipinski definition) is 0. The van der Waals surface area contributed by atoms with E-state index in [0.717, 1.165) is 11.1 Å². The van der Waals surface area contributed by atoms with Crippen molar-refractivity contribution in [3.8, 4) is 17.6 Å². The summed E-state index contributed by atoms with van der Waals surface area (Å²) in [5.74, 6) is -1.17. The molecule has 0 aliphatic carbocycles. The van der Waals surface area contributed by atoms with Crippen molar-refractivity contribution in [2.45, 2.75) is 18.6 Å². The lowest BCUT2D eigenvalue weighted by Gasteiger charge is -2.27. The van der Waals surface area contributed by atoms with Crippen molar-refractivity contribution in [2.75, 3.05) is 18.4 Å². The second-order valence-electron chi connectivity index (χ2n) is 8.80. The van der Waals surface area contributed by atoms with Crippen molar-refractivity contribution in [3.63, 3.8) is 0 Å². The van der Waals surface area contributed by atoms with Gasteiger partial charge in [-0.05, 0) is 35.4 Å². The van der Waals surface area contributed by atoms with Crippen LogP contribution in [0.1, 0.15) is 22.7 Å². The zero-order valence-electron chi connectivity index (χ0n) is 17.4. The number of ether oxygens (including phenoxy) is 2. The van der Waals surface area contributed by atoms with E-state index in [4.69, 9.17) is 14.7 Å². The van der Waals surface area contributed by atoms with E-state index in [-0.39, 0.29) is 36.8 Å². The van der Waals surface area contributed by atoms with E-state index in [1.807, 2.05) is 0 Å². The van der Waals surface area contributed by atoms with E-state index in [9.17, 15) is 18.0 Å². The molecule has 10 heteroatoms. The molecule has 0 bridgehead atoms. The minimum atomic E-state index is -3.36. The lowest BCUT2D eigenvalue weighted by atomic mass is 9.86. The van der Waals surface area contributed by atoms with Crippen LogP contribution in [0.2, 0.25) is 0 Å². The third-order valence-electron chi connectivity index (χ3n) is 6.96. The summed E-state index contributed by atoms with van der Waals surface area (Å²) in [7, 11) is -3.36. The first-order valence-corrected chi connectivity index (χ1v) is 12.4. The number of hydrogen-bond acceptors (Lipinski definition) is 8. The maximum Gasteiger partial charge on any atom is 0.235 e. The molecule has 4 aliphatic heterocycles. The van der Waals surface area contributed by atoms with Crippen LogP contribution < -0.4 is 9.47 Å². The van der Waals surface area contributed by atoms with Crippen LogP contribution in [0.4, 0.5) is 0 Å². The Morgan fingerprint density at radius 2 is 1.73 bits per heavy atom. The molecule has 9 nitrogen and oxygen atoms in total. The number of fused-ring (bicyclic) bond motifs is 4. The van der Waals surface area contributed by atoms with Gasteiger partial charge in [-0.1, -0.05) is 18.2 Å². The highest BCUT2D eigenvalue weighted by molar-refractivity contribution is 7.91. The highest BCUT2D eigenvalue weighted by Crippen LogP contribution is 2.52. The van der Waals surface area contributed by atoms with Crippen LogP contribution in [-0.4, -0.2) is 54.5 Å². The number of sulfone groups is 1. The lowest BCUT2D eigenvalue weighted by Crippen LogP contribution is -2.39. The number of likely N-dealkylation sites (tertiary alicyclic amines) is 1.